The fourth-order valence-electron chi connectivity index (χ4n) is 3.69. The van der Waals surface area contributed by atoms with E-state index in [-0.39, 0.29) is 23.5 Å². The first-order valence-electron chi connectivity index (χ1n) is 10.5. The quantitative estimate of drug-likeness (QED) is 0.446. The third kappa shape index (κ3) is 8.54. The zero-order valence-corrected chi connectivity index (χ0v) is 21.3. The maximum absolute atomic E-state index is 12.3. The van der Waals surface area contributed by atoms with Gasteiger partial charge in [-0.05, 0) is 62.4 Å². The second-order valence-corrected chi connectivity index (χ2v) is 10.6. The molecule has 0 aliphatic rings. The fourth-order valence-corrected chi connectivity index (χ4v) is 4.15. The van der Waals surface area contributed by atoms with E-state index in [1.807, 2.05) is 43.3 Å². The lowest BCUT2D eigenvalue weighted by atomic mass is 9.82. The zero-order valence-electron chi connectivity index (χ0n) is 19.7. The van der Waals surface area contributed by atoms with Crippen LogP contribution in [0.25, 0.3) is 0 Å². The molecule has 0 fully saturated rings. The molecule has 1 amide bonds. The highest BCUT2D eigenvalue weighted by molar-refractivity contribution is 9.10. The first-order valence-corrected chi connectivity index (χ1v) is 11.3. The van der Waals surface area contributed by atoms with Crippen molar-refractivity contribution in [1.82, 2.24) is 5.32 Å². The first kappa shape index (κ1) is 25.2. The second-order valence-electron chi connectivity index (χ2n) is 9.77. The van der Waals surface area contributed by atoms with Crippen molar-refractivity contribution in [3.63, 3.8) is 0 Å². The average Bonchev–Trinajstić information content (AvgIpc) is 2.65. The Labute approximate surface area is 195 Å². The van der Waals surface area contributed by atoms with Crippen molar-refractivity contribution >= 4 is 27.5 Å². The van der Waals surface area contributed by atoms with Crippen LogP contribution in [0.5, 0.6) is 11.5 Å². The van der Waals surface area contributed by atoms with Crippen LogP contribution in [-0.2, 0) is 11.3 Å². The van der Waals surface area contributed by atoms with Gasteiger partial charge in [0, 0.05) is 22.2 Å². The average molecular weight is 491 g/mol. The first-order chi connectivity index (χ1) is 14.4. The maximum atomic E-state index is 12.3. The van der Waals surface area contributed by atoms with E-state index in [0.717, 1.165) is 27.7 Å². The van der Waals surface area contributed by atoms with Gasteiger partial charge in [-0.3, -0.25) is 4.79 Å². The van der Waals surface area contributed by atoms with Crippen LogP contribution in [0.2, 0.25) is 0 Å². The molecule has 170 valence electrons. The number of nitrogens with one attached hydrogen (secondary N) is 2. The molecule has 0 radical (unpaired) electrons. The number of benzene rings is 2. The minimum absolute atomic E-state index is 0.00579. The SMILES string of the molecule is COc1cc(CNC(C)(C)CC(C)(C)C)c(Br)cc1OCC(=O)Nc1ccc(C)cc1. The van der Waals surface area contributed by atoms with Crippen molar-refractivity contribution in [3.8, 4) is 11.5 Å². The van der Waals surface area contributed by atoms with Gasteiger partial charge in [-0.15, -0.1) is 0 Å². The van der Waals surface area contributed by atoms with Crippen LogP contribution in [0.3, 0.4) is 0 Å². The minimum atomic E-state index is -0.225. The number of ether oxygens (including phenoxy) is 2. The number of amides is 1. The number of anilines is 1. The molecule has 0 aromatic heterocycles. The number of methoxy groups -OCH3 is 1. The van der Waals surface area contributed by atoms with Gasteiger partial charge in [0.25, 0.3) is 5.91 Å². The highest BCUT2D eigenvalue weighted by Crippen LogP contribution is 2.34. The summed E-state index contributed by atoms with van der Waals surface area (Å²) in [4.78, 5) is 12.3. The highest BCUT2D eigenvalue weighted by atomic mass is 79.9. The Hall–Kier alpha value is -2.05. The summed E-state index contributed by atoms with van der Waals surface area (Å²) in [5.41, 5.74) is 3.18. The Morgan fingerprint density at radius 2 is 1.68 bits per heavy atom. The topological polar surface area (TPSA) is 59.6 Å². The van der Waals surface area contributed by atoms with Gasteiger partial charge in [0.05, 0.1) is 7.11 Å². The highest BCUT2D eigenvalue weighted by Gasteiger charge is 2.25. The Morgan fingerprint density at radius 1 is 1.03 bits per heavy atom. The molecule has 2 aromatic rings. The van der Waals surface area contributed by atoms with E-state index in [4.69, 9.17) is 9.47 Å². The van der Waals surface area contributed by atoms with E-state index in [1.54, 1.807) is 7.11 Å². The second kappa shape index (κ2) is 10.5. The Kier molecular flexibility index (Phi) is 8.55. The Morgan fingerprint density at radius 3 is 2.26 bits per heavy atom. The van der Waals surface area contributed by atoms with Crippen LogP contribution in [0.4, 0.5) is 5.69 Å². The van der Waals surface area contributed by atoms with Gasteiger partial charge in [0.2, 0.25) is 0 Å². The molecule has 31 heavy (non-hydrogen) atoms. The summed E-state index contributed by atoms with van der Waals surface area (Å²) < 4.78 is 12.2. The van der Waals surface area contributed by atoms with Gasteiger partial charge in [0.1, 0.15) is 0 Å². The normalized spacial score (nSPS) is 11.9. The molecule has 0 spiro atoms. The molecular formula is C25H35BrN2O3. The van der Waals surface area contributed by atoms with Gasteiger partial charge in [0.15, 0.2) is 18.1 Å². The lowest BCUT2D eigenvalue weighted by molar-refractivity contribution is -0.118. The molecular weight excluding hydrogens is 456 g/mol. The van der Waals surface area contributed by atoms with Gasteiger partial charge >= 0.3 is 0 Å². The molecule has 5 nitrogen and oxygen atoms in total. The van der Waals surface area contributed by atoms with E-state index in [2.05, 4.69) is 61.2 Å². The number of aryl methyl sites for hydroxylation is 1. The molecule has 0 heterocycles. The number of carbonyl (C=O) groups is 1. The number of rotatable bonds is 9. The summed E-state index contributed by atoms with van der Waals surface area (Å²) in [5.74, 6) is 0.889. The number of hydrogen-bond acceptors (Lipinski definition) is 4. The third-order valence-corrected chi connectivity index (χ3v) is 5.49. The van der Waals surface area contributed by atoms with Crippen molar-refractivity contribution in [3.05, 3.63) is 52.0 Å². The van der Waals surface area contributed by atoms with Crippen LogP contribution in [-0.4, -0.2) is 25.2 Å². The summed E-state index contributed by atoms with van der Waals surface area (Å²) in [5, 5.41) is 6.47. The molecule has 0 atom stereocenters. The summed E-state index contributed by atoms with van der Waals surface area (Å²) in [7, 11) is 1.60. The summed E-state index contributed by atoms with van der Waals surface area (Å²) >= 11 is 3.63. The van der Waals surface area contributed by atoms with Crippen LogP contribution >= 0.6 is 15.9 Å². The summed E-state index contributed by atoms with van der Waals surface area (Å²) in [6.07, 6.45) is 1.05. The molecule has 6 heteroatoms. The van der Waals surface area contributed by atoms with Gasteiger partial charge in [-0.2, -0.15) is 0 Å². The van der Waals surface area contributed by atoms with Gasteiger partial charge in [-0.25, -0.2) is 0 Å². The molecule has 0 aliphatic carbocycles. The molecule has 2 rings (SSSR count). The lowest BCUT2D eigenvalue weighted by Gasteiger charge is -2.33. The Bertz CT molecular complexity index is 887. The van der Waals surface area contributed by atoms with Crippen LogP contribution < -0.4 is 20.1 Å². The van der Waals surface area contributed by atoms with Crippen molar-refractivity contribution in [2.45, 2.75) is 60.0 Å². The lowest BCUT2D eigenvalue weighted by Crippen LogP contribution is -2.41. The summed E-state index contributed by atoms with van der Waals surface area (Å²) in [6, 6.07) is 11.4. The van der Waals surface area contributed by atoms with Gasteiger partial charge in [-0.1, -0.05) is 54.4 Å². The fraction of sp³-hybridized carbons (Fsp3) is 0.480. The predicted octanol–water partition coefficient (Wildman–Crippen LogP) is 6.09. The Balaban J connectivity index is 2.01. The summed E-state index contributed by atoms with van der Waals surface area (Å²) in [6.45, 7) is 13.8. The monoisotopic (exact) mass is 490 g/mol. The van der Waals surface area contributed by atoms with Crippen LogP contribution in [0, 0.1) is 12.3 Å². The van der Waals surface area contributed by atoms with Crippen molar-refractivity contribution in [2.24, 2.45) is 5.41 Å². The van der Waals surface area contributed by atoms with Crippen molar-refractivity contribution < 1.29 is 14.3 Å². The molecule has 0 bridgehead atoms. The molecule has 0 saturated carbocycles. The zero-order chi connectivity index (χ0) is 23.2. The smallest absolute Gasteiger partial charge is 0.262 e. The van der Waals surface area contributed by atoms with E-state index < -0.39 is 0 Å². The number of hydrogen-bond donors (Lipinski definition) is 2. The van der Waals surface area contributed by atoms with Crippen molar-refractivity contribution in [2.75, 3.05) is 19.0 Å². The standard InChI is InChI=1S/C25H35BrN2O3/c1-17-8-10-19(11-9-17)28-23(29)15-31-22-13-20(26)18(12-21(22)30-7)14-27-25(5,6)16-24(2,3)4/h8-13,27H,14-16H2,1-7H3,(H,28,29). The molecule has 2 aromatic carbocycles. The van der Waals surface area contributed by atoms with Crippen LogP contribution in [0.1, 0.15) is 52.2 Å². The third-order valence-electron chi connectivity index (χ3n) is 4.76. The van der Waals surface area contributed by atoms with E-state index in [0.29, 0.717) is 18.0 Å². The number of halogens is 1. The molecule has 0 aliphatic heterocycles. The molecule has 2 N–H and O–H groups in total. The van der Waals surface area contributed by atoms with Crippen LogP contribution in [0.15, 0.2) is 40.9 Å². The van der Waals surface area contributed by atoms with Gasteiger partial charge < -0.3 is 20.1 Å². The predicted molar refractivity (Wildman–Crippen MR) is 131 cm³/mol. The molecule has 0 unspecified atom stereocenters. The minimum Gasteiger partial charge on any atom is -0.493 e. The maximum Gasteiger partial charge on any atom is 0.262 e. The number of carbonyl (C=O) groups excluding carboxylic acids is 1. The van der Waals surface area contributed by atoms with E-state index in [1.165, 1.54) is 0 Å². The van der Waals surface area contributed by atoms with E-state index in [9.17, 15) is 4.79 Å². The van der Waals surface area contributed by atoms with E-state index >= 15 is 0 Å². The largest absolute Gasteiger partial charge is 0.493 e. The van der Waals surface area contributed by atoms with Crippen molar-refractivity contribution in [1.29, 1.82) is 0 Å². The molecule has 0 saturated heterocycles.